The zero-order valence-corrected chi connectivity index (χ0v) is 28.0. The van der Waals surface area contributed by atoms with Crippen molar-refractivity contribution in [2.75, 3.05) is 0 Å². The zero-order chi connectivity index (χ0) is 32.6. The van der Waals surface area contributed by atoms with Crippen LogP contribution in [0.1, 0.15) is 66.5 Å². The highest BCUT2D eigenvalue weighted by molar-refractivity contribution is 6.01. The average Bonchev–Trinajstić information content (AvgIpc) is 3.78. The van der Waals surface area contributed by atoms with Crippen molar-refractivity contribution in [2.45, 2.75) is 52.4 Å². The molecule has 0 bridgehead atoms. The fraction of sp³-hybridized carbons (Fsp3) is 0.178. The highest BCUT2D eigenvalue weighted by atomic mass is 15.9. The lowest BCUT2D eigenvalue weighted by Crippen LogP contribution is -2.11. The lowest BCUT2D eigenvalue weighted by molar-refractivity contribution is 0.341. The maximum Gasteiger partial charge on any atom is 0.150 e. The molecule has 8 rings (SSSR count). The van der Waals surface area contributed by atoms with Gasteiger partial charge in [-0.2, -0.15) is 5.01 Å². The molecular formula is C45H41N3. The van der Waals surface area contributed by atoms with Crippen molar-refractivity contribution >= 4 is 5.84 Å². The van der Waals surface area contributed by atoms with Crippen molar-refractivity contribution in [1.82, 2.24) is 10.0 Å². The Bertz CT molecular complexity index is 2040. The lowest BCUT2D eigenvalue weighted by Gasteiger charge is -2.13. The Labute approximate surface area is 284 Å². The van der Waals surface area contributed by atoms with Crippen LogP contribution in [0.3, 0.4) is 0 Å². The van der Waals surface area contributed by atoms with Gasteiger partial charge in [0.05, 0.1) is 0 Å². The van der Waals surface area contributed by atoms with Gasteiger partial charge in [-0.25, -0.2) is 4.99 Å². The van der Waals surface area contributed by atoms with Gasteiger partial charge in [0.2, 0.25) is 0 Å². The van der Waals surface area contributed by atoms with Crippen LogP contribution in [0.2, 0.25) is 0 Å². The topological polar surface area (TPSA) is 18.4 Å². The van der Waals surface area contributed by atoms with E-state index in [1.165, 1.54) is 61.2 Å². The van der Waals surface area contributed by atoms with Crippen molar-refractivity contribution in [3.05, 3.63) is 179 Å². The molecule has 3 atom stereocenters. The Morgan fingerprint density at radius 1 is 0.396 bits per heavy atom. The minimum Gasteiger partial charge on any atom is -0.261 e. The molecule has 0 radical (unpaired) electrons. The number of hydrazine groups is 1. The predicted molar refractivity (Wildman–Crippen MR) is 199 cm³/mol. The summed E-state index contributed by atoms with van der Waals surface area (Å²) in [4.78, 5) is 5.34. The number of nitrogens with zero attached hydrogens (tertiary/aromatic N) is 3. The molecule has 0 aliphatic carbocycles. The number of hydrogen-bond acceptors (Lipinski definition) is 3. The molecular weight excluding hydrogens is 583 g/mol. The molecule has 2 heterocycles. The number of aryl methyl sites for hydroxylation is 3. The van der Waals surface area contributed by atoms with Crippen LogP contribution in [0.15, 0.2) is 151 Å². The molecule has 6 aromatic rings. The third kappa shape index (κ3) is 5.65. The third-order valence-corrected chi connectivity index (χ3v) is 10.0. The highest BCUT2D eigenvalue weighted by Crippen LogP contribution is 2.54. The monoisotopic (exact) mass is 623 g/mol. The van der Waals surface area contributed by atoms with Crippen molar-refractivity contribution in [3.8, 4) is 33.4 Å². The number of benzene rings is 6. The Morgan fingerprint density at radius 3 is 1.08 bits per heavy atom. The molecule has 1 fully saturated rings. The van der Waals surface area contributed by atoms with Gasteiger partial charge < -0.3 is 0 Å². The van der Waals surface area contributed by atoms with E-state index in [9.17, 15) is 0 Å². The molecule has 2 aliphatic rings. The molecule has 0 spiro atoms. The molecule has 1 saturated heterocycles. The van der Waals surface area contributed by atoms with Crippen LogP contribution in [-0.2, 0) is 19.3 Å². The Morgan fingerprint density at radius 2 is 0.708 bits per heavy atom. The van der Waals surface area contributed by atoms with Gasteiger partial charge in [-0.05, 0) is 80.5 Å². The van der Waals surface area contributed by atoms with Crippen LogP contribution in [0.5, 0.6) is 0 Å². The predicted octanol–water partition coefficient (Wildman–Crippen LogP) is 11.1. The third-order valence-electron chi connectivity index (χ3n) is 10.0. The van der Waals surface area contributed by atoms with Crippen LogP contribution >= 0.6 is 0 Å². The highest BCUT2D eigenvalue weighted by Gasteiger charge is 2.57. The maximum atomic E-state index is 5.34. The van der Waals surface area contributed by atoms with E-state index in [1.54, 1.807) is 0 Å². The summed E-state index contributed by atoms with van der Waals surface area (Å²) in [6.07, 6.45) is 3.22. The number of rotatable bonds is 9. The Kier molecular flexibility index (Phi) is 7.99. The number of fused-ring (bicyclic) bond motifs is 1. The molecule has 2 aliphatic heterocycles. The largest absolute Gasteiger partial charge is 0.261 e. The molecule has 0 aromatic heterocycles. The number of hydrogen-bond donors (Lipinski definition) is 0. The van der Waals surface area contributed by atoms with Gasteiger partial charge >= 0.3 is 0 Å². The van der Waals surface area contributed by atoms with E-state index in [1.807, 2.05) is 0 Å². The molecule has 3 unspecified atom stereocenters. The number of aliphatic imine (C=N–C) groups is 1. The zero-order valence-electron chi connectivity index (χ0n) is 28.0. The SMILES string of the molecule is CCc1ccc(-c2ccc(C3=NC(c4ccc(-c5ccc(CC)cc5)cc4)N4C(c5ccc(-c6ccc(CC)cc6)cc5)N34)cc2)cc1. The van der Waals surface area contributed by atoms with E-state index >= 15 is 0 Å². The summed E-state index contributed by atoms with van der Waals surface area (Å²) in [7, 11) is 0. The molecule has 3 nitrogen and oxygen atoms in total. The van der Waals surface area contributed by atoms with E-state index in [2.05, 4.69) is 176 Å². The molecule has 0 saturated carbocycles. The summed E-state index contributed by atoms with van der Waals surface area (Å²) >= 11 is 0. The van der Waals surface area contributed by atoms with Gasteiger partial charge in [-0.1, -0.05) is 166 Å². The summed E-state index contributed by atoms with van der Waals surface area (Å²) in [6.45, 7) is 6.59. The number of amidine groups is 1. The minimum atomic E-state index is -0.0796. The fourth-order valence-electron chi connectivity index (χ4n) is 6.93. The Balaban J connectivity index is 1.10. The van der Waals surface area contributed by atoms with Gasteiger partial charge in [0.15, 0.2) is 0 Å². The standard InChI is InChI=1S/C45H41N3/c1-4-31-7-13-34(14-8-31)37-19-25-40(26-20-37)43-46-44(41-27-21-38(22-28-41)35-15-9-32(5-2)10-16-35)48-45(47(43)48)42-29-23-39(24-30-42)36-17-11-33(6-3)12-18-36/h7-30,43,45H,4-6H2,1-3H3. The second-order valence-electron chi connectivity index (χ2n) is 12.9. The van der Waals surface area contributed by atoms with Crippen LogP contribution in [-0.4, -0.2) is 15.9 Å². The normalized spacial score (nSPS) is 18.0. The second-order valence-corrected chi connectivity index (χ2v) is 12.9. The molecule has 48 heavy (non-hydrogen) atoms. The van der Waals surface area contributed by atoms with Gasteiger partial charge in [0, 0.05) is 5.56 Å². The fourth-order valence-corrected chi connectivity index (χ4v) is 6.93. The summed E-state index contributed by atoms with van der Waals surface area (Å²) in [5.74, 6) is 1.02. The molecule has 0 amide bonds. The van der Waals surface area contributed by atoms with Crippen LogP contribution in [0, 0.1) is 0 Å². The second kappa shape index (κ2) is 12.7. The van der Waals surface area contributed by atoms with Crippen molar-refractivity contribution in [2.24, 2.45) is 4.99 Å². The van der Waals surface area contributed by atoms with Gasteiger partial charge in [0.25, 0.3) is 0 Å². The van der Waals surface area contributed by atoms with Crippen molar-refractivity contribution < 1.29 is 0 Å². The average molecular weight is 624 g/mol. The Hall–Kier alpha value is -5.25. The van der Waals surface area contributed by atoms with Crippen LogP contribution in [0.4, 0.5) is 0 Å². The van der Waals surface area contributed by atoms with Gasteiger partial charge in [-0.15, -0.1) is 0 Å². The van der Waals surface area contributed by atoms with E-state index in [0.717, 1.165) is 30.7 Å². The first-order valence-corrected chi connectivity index (χ1v) is 17.4. The van der Waals surface area contributed by atoms with Gasteiger partial charge in [0.1, 0.15) is 18.2 Å². The van der Waals surface area contributed by atoms with Gasteiger partial charge in [-0.3, -0.25) is 5.01 Å². The summed E-state index contributed by atoms with van der Waals surface area (Å²) in [5, 5.41) is 4.79. The summed E-state index contributed by atoms with van der Waals surface area (Å²) < 4.78 is 0. The van der Waals surface area contributed by atoms with Crippen LogP contribution < -0.4 is 0 Å². The smallest absolute Gasteiger partial charge is 0.150 e. The molecule has 236 valence electrons. The maximum absolute atomic E-state index is 5.34. The molecule has 3 heteroatoms. The first kappa shape index (κ1) is 30.1. The van der Waals surface area contributed by atoms with E-state index in [4.69, 9.17) is 4.99 Å². The summed E-state index contributed by atoms with van der Waals surface area (Å²) in [5.41, 5.74) is 15.1. The summed E-state index contributed by atoms with van der Waals surface area (Å²) in [6, 6.07) is 53.7. The van der Waals surface area contributed by atoms with Crippen molar-refractivity contribution in [3.63, 3.8) is 0 Å². The minimum absolute atomic E-state index is 0.0796. The van der Waals surface area contributed by atoms with E-state index in [-0.39, 0.29) is 12.3 Å². The van der Waals surface area contributed by atoms with Crippen molar-refractivity contribution in [1.29, 1.82) is 0 Å². The van der Waals surface area contributed by atoms with Crippen LogP contribution in [0.25, 0.3) is 33.4 Å². The quantitative estimate of drug-likeness (QED) is 0.149. The first-order valence-electron chi connectivity index (χ1n) is 17.4. The van der Waals surface area contributed by atoms with E-state index < -0.39 is 0 Å². The molecule has 6 aromatic carbocycles. The molecule has 0 N–H and O–H groups in total. The first-order chi connectivity index (χ1) is 23.6. The van der Waals surface area contributed by atoms with E-state index in [0.29, 0.717) is 0 Å². The lowest BCUT2D eigenvalue weighted by atomic mass is 10.00.